The summed E-state index contributed by atoms with van der Waals surface area (Å²) >= 11 is 0. The molecule has 37 heavy (non-hydrogen) atoms. The van der Waals surface area contributed by atoms with Crippen LogP contribution in [0, 0.1) is 11.3 Å². The summed E-state index contributed by atoms with van der Waals surface area (Å²) < 4.78 is 41.7. The standard InChI is InChI=1S/C28H33F3N2O4/c1-26(2,3)21-12-14-27(15-13-21)16-17-32(22-8-10-23(11-9-22)37-28(29,30)31)25(36)33(27)18-19-4-6-20(7-5-19)24(34)35/h4-11,21H,12-18H2,1-3H3,(H,34,35)/t21-,27-. The molecule has 2 fully saturated rings. The van der Waals surface area contributed by atoms with Crippen LogP contribution in [0.3, 0.4) is 0 Å². The lowest BCUT2D eigenvalue weighted by atomic mass is 9.65. The largest absolute Gasteiger partial charge is 0.573 e. The lowest BCUT2D eigenvalue weighted by Crippen LogP contribution is -2.63. The summed E-state index contributed by atoms with van der Waals surface area (Å²) in [6.07, 6.45) is -0.277. The van der Waals surface area contributed by atoms with E-state index < -0.39 is 12.3 Å². The summed E-state index contributed by atoms with van der Waals surface area (Å²) in [6, 6.07) is 11.7. The van der Waals surface area contributed by atoms with Gasteiger partial charge in [-0.2, -0.15) is 0 Å². The monoisotopic (exact) mass is 518 g/mol. The maximum Gasteiger partial charge on any atom is 0.573 e. The van der Waals surface area contributed by atoms with Crippen molar-refractivity contribution in [2.24, 2.45) is 11.3 Å². The van der Waals surface area contributed by atoms with E-state index in [0.29, 0.717) is 24.7 Å². The molecule has 0 radical (unpaired) electrons. The third-order valence-corrected chi connectivity index (χ3v) is 7.90. The normalized spacial score (nSPS) is 22.9. The molecule has 200 valence electrons. The average molecular weight is 519 g/mol. The van der Waals surface area contributed by atoms with Crippen molar-refractivity contribution < 1.29 is 32.6 Å². The summed E-state index contributed by atoms with van der Waals surface area (Å²) in [7, 11) is 0. The van der Waals surface area contributed by atoms with Gasteiger partial charge in [0.05, 0.1) is 5.56 Å². The van der Waals surface area contributed by atoms with Crippen LogP contribution in [0.25, 0.3) is 0 Å². The van der Waals surface area contributed by atoms with Crippen LogP contribution in [0.2, 0.25) is 0 Å². The van der Waals surface area contributed by atoms with Gasteiger partial charge in [-0.1, -0.05) is 32.9 Å². The van der Waals surface area contributed by atoms with E-state index in [1.807, 2.05) is 4.90 Å². The van der Waals surface area contributed by atoms with E-state index in [0.717, 1.165) is 37.7 Å². The van der Waals surface area contributed by atoms with Crippen molar-refractivity contribution in [2.45, 2.75) is 71.3 Å². The van der Waals surface area contributed by atoms with Gasteiger partial charge in [0.25, 0.3) is 0 Å². The Labute approximate surface area is 215 Å². The number of carbonyl (C=O) groups is 2. The van der Waals surface area contributed by atoms with Crippen LogP contribution in [0.1, 0.15) is 68.8 Å². The van der Waals surface area contributed by atoms with Crippen molar-refractivity contribution in [1.82, 2.24) is 4.90 Å². The number of ether oxygens (including phenoxy) is 1. The number of benzene rings is 2. The summed E-state index contributed by atoms with van der Waals surface area (Å²) in [6.45, 7) is 7.53. The molecule has 1 aliphatic heterocycles. The Hall–Kier alpha value is -3.23. The van der Waals surface area contributed by atoms with Gasteiger partial charge in [-0.3, -0.25) is 4.90 Å². The Kier molecular flexibility index (Phi) is 7.18. The van der Waals surface area contributed by atoms with E-state index in [4.69, 9.17) is 0 Å². The molecule has 2 aromatic carbocycles. The summed E-state index contributed by atoms with van der Waals surface area (Å²) in [4.78, 5) is 28.7. The predicted molar refractivity (Wildman–Crippen MR) is 134 cm³/mol. The van der Waals surface area contributed by atoms with Gasteiger partial charge in [-0.25, -0.2) is 9.59 Å². The minimum absolute atomic E-state index is 0.178. The number of aromatic carboxylic acids is 1. The van der Waals surface area contributed by atoms with Crippen molar-refractivity contribution in [2.75, 3.05) is 11.4 Å². The quantitative estimate of drug-likeness (QED) is 0.459. The highest BCUT2D eigenvalue weighted by atomic mass is 19.4. The Morgan fingerprint density at radius 1 is 1.00 bits per heavy atom. The first-order valence-electron chi connectivity index (χ1n) is 12.5. The number of urea groups is 1. The van der Waals surface area contributed by atoms with Crippen LogP contribution in [0.15, 0.2) is 48.5 Å². The lowest BCUT2D eigenvalue weighted by molar-refractivity contribution is -0.274. The zero-order chi connectivity index (χ0) is 27.0. The van der Waals surface area contributed by atoms with Crippen LogP contribution < -0.4 is 9.64 Å². The van der Waals surface area contributed by atoms with E-state index in [1.54, 1.807) is 17.0 Å². The second-order valence-corrected chi connectivity index (χ2v) is 11.2. The first-order valence-corrected chi connectivity index (χ1v) is 12.5. The second kappa shape index (κ2) is 9.91. The van der Waals surface area contributed by atoms with Crippen molar-refractivity contribution in [3.63, 3.8) is 0 Å². The molecule has 1 N–H and O–H groups in total. The van der Waals surface area contributed by atoms with Crippen LogP contribution in [-0.4, -0.2) is 40.5 Å². The summed E-state index contributed by atoms with van der Waals surface area (Å²) in [5.41, 5.74) is 1.37. The van der Waals surface area contributed by atoms with Crippen LogP contribution in [0.5, 0.6) is 5.75 Å². The molecular formula is C28H33F3N2O4. The molecule has 0 atom stereocenters. The minimum atomic E-state index is -4.78. The van der Waals surface area contributed by atoms with E-state index in [9.17, 15) is 27.9 Å². The number of hydrogen-bond acceptors (Lipinski definition) is 3. The van der Waals surface area contributed by atoms with Gasteiger partial charge in [0.2, 0.25) is 0 Å². The predicted octanol–water partition coefficient (Wildman–Crippen LogP) is 7.09. The highest BCUT2D eigenvalue weighted by Crippen LogP contribution is 2.47. The second-order valence-electron chi connectivity index (χ2n) is 11.2. The Bertz CT molecular complexity index is 1120. The first-order chi connectivity index (χ1) is 17.3. The molecule has 0 unspecified atom stereocenters. The number of hydrogen-bond donors (Lipinski definition) is 1. The zero-order valence-corrected chi connectivity index (χ0v) is 21.3. The van der Waals surface area contributed by atoms with Crippen molar-refractivity contribution in [3.05, 3.63) is 59.7 Å². The van der Waals surface area contributed by atoms with Gasteiger partial charge in [0, 0.05) is 24.3 Å². The highest BCUT2D eigenvalue weighted by Gasteiger charge is 2.48. The average Bonchev–Trinajstić information content (AvgIpc) is 2.82. The molecule has 2 aliphatic rings. The molecule has 1 saturated carbocycles. The first kappa shape index (κ1) is 26.8. The number of rotatable bonds is 5. The number of carboxylic acid groups (broad SMARTS) is 1. The number of nitrogens with zero attached hydrogens (tertiary/aromatic N) is 2. The van der Waals surface area contributed by atoms with Gasteiger partial charge in [0.1, 0.15) is 5.75 Å². The SMILES string of the molecule is CC(C)(C)[C@H]1CC[C@@]2(CCN(c3ccc(OC(F)(F)F)cc3)C(=O)N2Cc2ccc(C(=O)O)cc2)CC1. The molecule has 0 aromatic heterocycles. The molecule has 1 aliphatic carbocycles. The Morgan fingerprint density at radius 2 is 1.59 bits per heavy atom. The topological polar surface area (TPSA) is 70.1 Å². The van der Waals surface area contributed by atoms with Crippen LogP contribution >= 0.6 is 0 Å². The summed E-state index contributed by atoms with van der Waals surface area (Å²) in [5, 5.41) is 9.23. The third kappa shape index (κ3) is 6.02. The smallest absolute Gasteiger partial charge is 0.478 e. The van der Waals surface area contributed by atoms with E-state index >= 15 is 0 Å². The molecule has 2 aromatic rings. The van der Waals surface area contributed by atoms with Crippen LogP contribution in [0.4, 0.5) is 23.7 Å². The van der Waals surface area contributed by atoms with Gasteiger partial charge in [-0.05, 0) is 85.4 Å². The fourth-order valence-electron chi connectivity index (χ4n) is 5.68. The van der Waals surface area contributed by atoms with Gasteiger partial charge in [0.15, 0.2) is 0 Å². The van der Waals surface area contributed by atoms with E-state index in [1.165, 1.54) is 36.4 Å². The minimum Gasteiger partial charge on any atom is -0.478 e. The number of alkyl halides is 3. The van der Waals surface area contributed by atoms with Gasteiger partial charge >= 0.3 is 18.4 Å². The number of anilines is 1. The number of carbonyl (C=O) groups excluding carboxylic acids is 1. The molecule has 2 amide bonds. The molecule has 1 heterocycles. The maximum atomic E-state index is 13.9. The molecule has 1 spiro atoms. The molecular weight excluding hydrogens is 485 g/mol. The number of carboxylic acids is 1. The van der Waals surface area contributed by atoms with Crippen molar-refractivity contribution >= 4 is 17.7 Å². The summed E-state index contributed by atoms with van der Waals surface area (Å²) in [5.74, 6) is -0.793. The zero-order valence-electron chi connectivity index (χ0n) is 21.3. The fraction of sp³-hybridized carbons (Fsp3) is 0.500. The van der Waals surface area contributed by atoms with E-state index in [2.05, 4.69) is 25.5 Å². The van der Waals surface area contributed by atoms with Crippen molar-refractivity contribution in [1.29, 1.82) is 0 Å². The molecule has 4 rings (SSSR count). The molecule has 0 bridgehead atoms. The lowest BCUT2D eigenvalue weighted by Gasteiger charge is -2.54. The van der Waals surface area contributed by atoms with Crippen molar-refractivity contribution in [3.8, 4) is 5.75 Å². The Morgan fingerprint density at radius 3 is 2.11 bits per heavy atom. The molecule has 6 nitrogen and oxygen atoms in total. The van der Waals surface area contributed by atoms with E-state index in [-0.39, 0.29) is 28.3 Å². The molecule has 1 saturated heterocycles. The fourth-order valence-corrected chi connectivity index (χ4v) is 5.68. The van der Waals surface area contributed by atoms with Gasteiger partial charge < -0.3 is 14.7 Å². The van der Waals surface area contributed by atoms with Gasteiger partial charge in [-0.15, -0.1) is 13.2 Å². The third-order valence-electron chi connectivity index (χ3n) is 7.90. The highest BCUT2D eigenvalue weighted by molar-refractivity contribution is 5.93. The number of halogens is 3. The van der Waals surface area contributed by atoms with Crippen LogP contribution in [-0.2, 0) is 6.54 Å². The molecule has 9 heteroatoms. The number of amides is 2. The maximum absolute atomic E-state index is 13.9. The Balaban J connectivity index is 1.60.